The Bertz CT molecular complexity index is 557. The number of aromatic nitrogens is 2. The average molecular weight is 258 g/mol. The number of rotatable bonds is 2. The normalized spacial score (nSPS) is 11.3. The number of nitrogens with zero attached hydrogens (tertiary/aromatic N) is 2. The SMILES string of the molecule is Fc1cc(Oc2ccccc2C(F)(F)F)ncn1. The number of alkyl halides is 3. The van der Waals surface area contributed by atoms with Gasteiger partial charge in [0.1, 0.15) is 12.1 Å². The zero-order valence-electron chi connectivity index (χ0n) is 8.78. The minimum absolute atomic E-state index is 0.292. The van der Waals surface area contributed by atoms with Crippen LogP contribution in [0.25, 0.3) is 0 Å². The van der Waals surface area contributed by atoms with Crippen LogP contribution in [0, 0.1) is 5.95 Å². The Hall–Kier alpha value is -2.18. The van der Waals surface area contributed by atoms with Gasteiger partial charge in [-0.3, -0.25) is 0 Å². The molecular formula is C11H6F4N2O. The molecule has 94 valence electrons. The van der Waals surface area contributed by atoms with Crippen LogP contribution in [-0.2, 0) is 6.18 Å². The zero-order chi connectivity index (χ0) is 13.2. The molecule has 0 unspecified atom stereocenters. The van der Waals surface area contributed by atoms with E-state index >= 15 is 0 Å². The van der Waals surface area contributed by atoms with Crippen LogP contribution in [-0.4, -0.2) is 9.97 Å². The van der Waals surface area contributed by atoms with Crippen molar-refractivity contribution in [3.63, 3.8) is 0 Å². The molecule has 2 rings (SSSR count). The van der Waals surface area contributed by atoms with Crippen LogP contribution in [0.3, 0.4) is 0 Å². The van der Waals surface area contributed by atoms with Crippen molar-refractivity contribution in [2.45, 2.75) is 6.18 Å². The Kier molecular flexibility index (Phi) is 3.14. The van der Waals surface area contributed by atoms with E-state index in [1.165, 1.54) is 12.1 Å². The maximum absolute atomic E-state index is 12.8. The summed E-state index contributed by atoms with van der Waals surface area (Å²) in [5.41, 5.74) is -0.955. The number of benzene rings is 1. The van der Waals surface area contributed by atoms with E-state index < -0.39 is 23.4 Å². The lowest BCUT2D eigenvalue weighted by Crippen LogP contribution is -2.07. The fourth-order valence-electron chi connectivity index (χ4n) is 1.28. The summed E-state index contributed by atoms with van der Waals surface area (Å²) >= 11 is 0. The van der Waals surface area contributed by atoms with Crippen molar-refractivity contribution in [3.8, 4) is 11.6 Å². The van der Waals surface area contributed by atoms with E-state index in [1.807, 2.05) is 0 Å². The van der Waals surface area contributed by atoms with Gasteiger partial charge in [-0.2, -0.15) is 17.6 Å². The minimum atomic E-state index is -4.55. The van der Waals surface area contributed by atoms with Gasteiger partial charge >= 0.3 is 6.18 Å². The molecule has 0 aliphatic rings. The average Bonchev–Trinajstić information content (AvgIpc) is 2.28. The van der Waals surface area contributed by atoms with Gasteiger partial charge in [-0.05, 0) is 12.1 Å². The lowest BCUT2D eigenvalue weighted by Gasteiger charge is -2.12. The largest absolute Gasteiger partial charge is 0.438 e. The minimum Gasteiger partial charge on any atom is -0.438 e. The maximum atomic E-state index is 12.8. The Morgan fingerprint density at radius 2 is 1.78 bits per heavy atom. The number of hydrogen-bond donors (Lipinski definition) is 0. The molecule has 0 fully saturated rings. The molecule has 3 nitrogen and oxygen atoms in total. The van der Waals surface area contributed by atoms with Gasteiger partial charge in [-0.25, -0.2) is 9.97 Å². The van der Waals surface area contributed by atoms with Gasteiger partial charge in [0.05, 0.1) is 11.6 Å². The van der Waals surface area contributed by atoms with Crippen molar-refractivity contribution in [1.29, 1.82) is 0 Å². The Morgan fingerprint density at radius 1 is 1.06 bits per heavy atom. The molecule has 0 saturated heterocycles. The number of ether oxygens (including phenoxy) is 1. The van der Waals surface area contributed by atoms with Crippen molar-refractivity contribution in [1.82, 2.24) is 9.97 Å². The third kappa shape index (κ3) is 2.73. The fraction of sp³-hybridized carbons (Fsp3) is 0.0909. The second-order valence-corrected chi connectivity index (χ2v) is 3.27. The molecule has 0 spiro atoms. The molecule has 18 heavy (non-hydrogen) atoms. The van der Waals surface area contributed by atoms with Crippen LogP contribution in [0.2, 0.25) is 0 Å². The fourth-order valence-corrected chi connectivity index (χ4v) is 1.28. The predicted octanol–water partition coefficient (Wildman–Crippen LogP) is 3.43. The first-order chi connectivity index (χ1) is 8.47. The van der Waals surface area contributed by atoms with Gasteiger partial charge in [0.2, 0.25) is 11.8 Å². The van der Waals surface area contributed by atoms with Crippen LogP contribution in [0.15, 0.2) is 36.7 Å². The lowest BCUT2D eigenvalue weighted by molar-refractivity contribution is -0.138. The van der Waals surface area contributed by atoms with Gasteiger partial charge in [0, 0.05) is 0 Å². The maximum Gasteiger partial charge on any atom is 0.419 e. The molecule has 0 N–H and O–H groups in total. The Labute approximate surface area is 99.1 Å². The summed E-state index contributed by atoms with van der Waals surface area (Å²) in [6.07, 6.45) is -3.69. The Balaban J connectivity index is 2.35. The molecule has 0 amide bonds. The second-order valence-electron chi connectivity index (χ2n) is 3.27. The molecule has 0 aliphatic carbocycles. The van der Waals surface area contributed by atoms with E-state index in [1.54, 1.807) is 0 Å². The number of para-hydroxylation sites is 1. The molecule has 7 heteroatoms. The molecule has 1 aromatic carbocycles. The van der Waals surface area contributed by atoms with E-state index in [0.29, 0.717) is 0 Å². The third-order valence-corrected chi connectivity index (χ3v) is 2.02. The molecule has 2 aromatic rings. The first kappa shape index (κ1) is 12.3. The summed E-state index contributed by atoms with van der Waals surface area (Å²) < 4.78 is 55.6. The highest BCUT2D eigenvalue weighted by Crippen LogP contribution is 2.37. The van der Waals surface area contributed by atoms with Crippen molar-refractivity contribution in [2.24, 2.45) is 0 Å². The van der Waals surface area contributed by atoms with Crippen LogP contribution in [0.5, 0.6) is 11.6 Å². The number of halogens is 4. The topological polar surface area (TPSA) is 35.0 Å². The summed E-state index contributed by atoms with van der Waals surface area (Å²) in [4.78, 5) is 6.69. The van der Waals surface area contributed by atoms with Crippen LogP contribution < -0.4 is 4.74 Å². The van der Waals surface area contributed by atoms with Crippen LogP contribution >= 0.6 is 0 Å². The van der Waals surface area contributed by atoms with Crippen molar-refractivity contribution in [2.75, 3.05) is 0 Å². The van der Waals surface area contributed by atoms with Gasteiger partial charge in [-0.15, -0.1) is 0 Å². The third-order valence-electron chi connectivity index (χ3n) is 2.02. The van der Waals surface area contributed by atoms with E-state index in [9.17, 15) is 17.6 Å². The highest BCUT2D eigenvalue weighted by Gasteiger charge is 2.34. The van der Waals surface area contributed by atoms with Crippen molar-refractivity contribution < 1.29 is 22.3 Å². The molecule has 1 aromatic heterocycles. The van der Waals surface area contributed by atoms with Crippen LogP contribution in [0.4, 0.5) is 17.6 Å². The van der Waals surface area contributed by atoms with Gasteiger partial charge in [-0.1, -0.05) is 12.1 Å². The van der Waals surface area contributed by atoms with E-state index in [4.69, 9.17) is 4.74 Å². The monoisotopic (exact) mass is 258 g/mol. The van der Waals surface area contributed by atoms with Gasteiger partial charge < -0.3 is 4.74 Å². The number of hydrogen-bond acceptors (Lipinski definition) is 3. The van der Waals surface area contributed by atoms with E-state index in [0.717, 1.165) is 24.5 Å². The van der Waals surface area contributed by atoms with Gasteiger partial charge in [0.25, 0.3) is 0 Å². The molecule has 0 saturated carbocycles. The summed E-state index contributed by atoms with van der Waals surface area (Å²) in [6, 6.07) is 5.40. The molecule has 0 bridgehead atoms. The quantitative estimate of drug-likeness (QED) is 0.611. The van der Waals surface area contributed by atoms with Crippen molar-refractivity contribution in [3.05, 3.63) is 48.2 Å². The summed E-state index contributed by atoms with van der Waals surface area (Å²) in [5.74, 6) is -1.62. The zero-order valence-corrected chi connectivity index (χ0v) is 8.78. The molecule has 1 heterocycles. The standard InChI is InChI=1S/C11H6F4N2O/c12-9-5-10(17-6-16-9)18-8-4-2-1-3-7(8)11(13,14)15/h1-6H. The molecule has 0 radical (unpaired) electrons. The summed E-state index contributed by atoms with van der Waals surface area (Å²) in [6.45, 7) is 0. The molecular weight excluding hydrogens is 252 g/mol. The van der Waals surface area contributed by atoms with Crippen molar-refractivity contribution >= 4 is 0 Å². The highest BCUT2D eigenvalue weighted by molar-refractivity contribution is 5.37. The smallest absolute Gasteiger partial charge is 0.419 e. The first-order valence-corrected chi connectivity index (χ1v) is 4.78. The second kappa shape index (κ2) is 4.59. The lowest BCUT2D eigenvalue weighted by atomic mass is 10.2. The predicted molar refractivity (Wildman–Crippen MR) is 53.5 cm³/mol. The highest BCUT2D eigenvalue weighted by atomic mass is 19.4. The van der Waals surface area contributed by atoms with E-state index in [2.05, 4.69) is 9.97 Å². The molecule has 0 aliphatic heterocycles. The van der Waals surface area contributed by atoms with Gasteiger partial charge in [0.15, 0.2) is 0 Å². The first-order valence-electron chi connectivity index (χ1n) is 4.78. The van der Waals surface area contributed by atoms with Crippen LogP contribution in [0.1, 0.15) is 5.56 Å². The molecule has 0 atom stereocenters. The van der Waals surface area contributed by atoms with E-state index in [-0.39, 0.29) is 5.88 Å². The Morgan fingerprint density at radius 3 is 2.44 bits per heavy atom. The summed E-state index contributed by atoms with van der Waals surface area (Å²) in [5, 5.41) is 0. The summed E-state index contributed by atoms with van der Waals surface area (Å²) in [7, 11) is 0.